The molecule has 0 saturated carbocycles. The summed E-state index contributed by atoms with van der Waals surface area (Å²) in [6.07, 6.45) is 2.21. The summed E-state index contributed by atoms with van der Waals surface area (Å²) in [4.78, 5) is 10.4. The molecule has 0 aliphatic heterocycles. The first-order valence-electron chi connectivity index (χ1n) is 5.78. The van der Waals surface area contributed by atoms with Gasteiger partial charge in [-0.25, -0.2) is 0 Å². The van der Waals surface area contributed by atoms with Crippen LogP contribution in [0.2, 0.25) is 0 Å². The number of carboxylic acids is 1. The number of aliphatic carboxylic acids is 1. The van der Waals surface area contributed by atoms with E-state index in [0.29, 0.717) is 0 Å². The summed E-state index contributed by atoms with van der Waals surface area (Å²) >= 11 is 0. The highest BCUT2D eigenvalue weighted by molar-refractivity contribution is 7.87. The Labute approximate surface area is 103 Å². The molecule has 0 heterocycles. The SMILES string of the molecule is CCCC(CC)NS(=O)(=O)N(C)CCC(=O)O. The fourth-order valence-corrected chi connectivity index (χ4v) is 2.59. The Hall–Kier alpha value is -0.660. The van der Waals surface area contributed by atoms with Crippen LogP contribution in [-0.2, 0) is 15.0 Å². The van der Waals surface area contributed by atoms with Crippen molar-refractivity contribution in [3.63, 3.8) is 0 Å². The zero-order valence-corrected chi connectivity index (χ0v) is 11.5. The standard InChI is InChI=1S/C10H22N2O4S/c1-4-6-9(5-2)11-17(15,16)12(3)8-7-10(13)14/h9,11H,4-8H2,1-3H3,(H,13,14). The monoisotopic (exact) mass is 266 g/mol. The molecule has 1 atom stereocenters. The molecule has 0 spiro atoms. The zero-order chi connectivity index (χ0) is 13.5. The second-order valence-electron chi connectivity index (χ2n) is 3.98. The van der Waals surface area contributed by atoms with E-state index < -0.39 is 16.2 Å². The van der Waals surface area contributed by atoms with Gasteiger partial charge in [-0.05, 0) is 12.8 Å². The average Bonchev–Trinajstić information content (AvgIpc) is 2.24. The third-order valence-electron chi connectivity index (χ3n) is 2.50. The van der Waals surface area contributed by atoms with Crippen LogP contribution in [0.15, 0.2) is 0 Å². The summed E-state index contributed by atoms with van der Waals surface area (Å²) in [5.41, 5.74) is 0. The van der Waals surface area contributed by atoms with Crippen molar-refractivity contribution in [2.24, 2.45) is 0 Å². The van der Waals surface area contributed by atoms with Gasteiger partial charge in [0.2, 0.25) is 0 Å². The van der Waals surface area contributed by atoms with Gasteiger partial charge in [0.15, 0.2) is 0 Å². The molecule has 2 N–H and O–H groups in total. The summed E-state index contributed by atoms with van der Waals surface area (Å²) in [6, 6.07) is -0.0859. The first kappa shape index (κ1) is 16.3. The summed E-state index contributed by atoms with van der Waals surface area (Å²) in [7, 11) is -2.19. The van der Waals surface area contributed by atoms with Gasteiger partial charge >= 0.3 is 5.97 Å². The quantitative estimate of drug-likeness (QED) is 0.646. The van der Waals surface area contributed by atoms with Crippen LogP contribution in [0.4, 0.5) is 0 Å². The third-order valence-corrected chi connectivity index (χ3v) is 4.13. The predicted octanol–water partition coefficient (Wildman–Crippen LogP) is 0.806. The molecule has 7 heteroatoms. The zero-order valence-electron chi connectivity index (χ0n) is 10.6. The molecule has 0 radical (unpaired) electrons. The van der Waals surface area contributed by atoms with Crippen molar-refractivity contribution >= 4 is 16.2 Å². The van der Waals surface area contributed by atoms with Gasteiger partial charge in [0.05, 0.1) is 6.42 Å². The van der Waals surface area contributed by atoms with E-state index in [-0.39, 0.29) is 19.0 Å². The van der Waals surface area contributed by atoms with Gasteiger partial charge in [0.1, 0.15) is 0 Å². The van der Waals surface area contributed by atoms with Gasteiger partial charge in [0.25, 0.3) is 10.2 Å². The Morgan fingerprint density at radius 3 is 2.41 bits per heavy atom. The van der Waals surface area contributed by atoms with E-state index >= 15 is 0 Å². The van der Waals surface area contributed by atoms with Gasteiger partial charge in [0, 0.05) is 19.6 Å². The first-order valence-corrected chi connectivity index (χ1v) is 7.22. The lowest BCUT2D eigenvalue weighted by Gasteiger charge is -2.21. The fourth-order valence-electron chi connectivity index (χ4n) is 1.37. The van der Waals surface area contributed by atoms with Crippen LogP contribution in [0.5, 0.6) is 0 Å². The van der Waals surface area contributed by atoms with Gasteiger partial charge in [-0.15, -0.1) is 0 Å². The topological polar surface area (TPSA) is 86.7 Å². The highest BCUT2D eigenvalue weighted by Crippen LogP contribution is 2.05. The van der Waals surface area contributed by atoms with Gasteiger partial charge in [-0.1, -0.05) is 20.3 Å². The van der Waals surface area contributed by atoms with Gasteiger partial charge in [-0.3, -0.25) is 4.79 Å². The molecule has 17 heavy (non-hydrogen) atoms. The maximum atomic E-state index is 11.8. The Kier molecular flexibility index (Phi) is 7.33. The van der Waals surface area contributed by atoms with Crippen LogP contribution < -0.4 is 4.72 Å². The minimum Gasteiger partial charge on any atom is -0.481 e. The van der Waals surface area contributed by atoms with E-state index in [1.807, 2.05) is 13.8 Å². The number of hydrogen-bond donors (Lipinski definition) is 2. The maximum absolute atomic E-state index is 11.8. The molecule has 0 bridgehead atoms. The van der Waals surface area contributed by atoms with Crippen LogP contribution in [0.25, 0.3) is 0 Å². The molecular formula is C10H22N2O4S. The van der Waals surface area contributed by atoms with Crippen molar-refractivity contribution in [3.05, 3.63) is 0 Å². The Morgan fingerprint density at radius 2 is 2.00 bits per heavy atom. The number of hydrogen-bond acceptors (Lipinski definition) is 3. The Bertz CT molecular complexity index is 329. The molecule has 0 aromatic heterocycles. The highest BCUT2D eigenvalue weighted by atomic mass is 32.2. The second kappa shape index (κ2) is 7.62. The van der Waals surface area contributed by atoms with E-state index in [9.17, 15) is 13.2 Å². The third kappa shape index (κ3) is 6.60. The lowest BCUT2D eigenvalue weighted by atomic mass is 10.1. The molecule has 0 fully saturated rings. The molecule has 0 rings (SSSR count). The maximum Gasteiger partial charge on any atom is 0.304 e. The molecule has 6 nitrogen and oxygen atoms in total. The smallest absolute Gasteiger partial charge is 0.304 e. The van der Waals surface area contributed by atoms with E-state index in [2.05, 4.69) is 4.72 Å². The van der Waals surface area contributed by atoms with Crippen LogP contribution in [0.3, 0.4) is 0 Å². The summed E-state index contributed by atoms with van der Waals surface area (Å²) in [6.45, 7) is 3.89. The molecule has 0 aromatic carbocycles. The summed E-state index contributed by atoms with van der Waals surface area (Å²) < 4.78 is 27.2. The lowest BCUT2D eigenvalue weighted by Crippen LogP contribution is -2.44. The fraction of sp³-hybridized carbons (Fsp3) is 0.900. The first-order chi connectivity index (χ1) is 7.83. The molecule has 102 valence electrons. The number of rotatable bonds is 9. The summed E-state index contributed by atoms with van der Waals surface area (Å²) in [5.74, 6) is -1.01. The number of nitrogens with one attached hydrogen (secondary N) is 1. The van der Waals surface area contributed by atoms with Crippen molar-refractivity contribution in [1.82, 2.24) is 9.03 Å². The van der Waals surface area contributed by atoms with Crippen molar-refractivity contribution < 1.29 is 18.3 Å². The minimum atomic E-state index is -3.57. The normalized spacial score (nSPS) is 13.9. The van der Waals surface area contributed by atoms with Crippen LogP contribution in [0, 0.1) is 0 Å². The van der Waals surface area contributed by atoms with E-state index in [1.54, 1.807) is 0 Å². The average molecular weight is 266 g/mol. The van der Waals surface area contributed by atoms with E-state index in [4.69, 9.17) is 5.11 Å². The number of nitrogens with zero attached hydrogens (tertiary/aromatic N) is 1. The van der Waals surface area contributed by atoms with Crippen LogP contribution >= 0.6 is 0 Å². The van der Waals surface area contributed by atoms with Crippen molar-refractivity contribution in [2.75, 3.05) is 13.6 Å². The lowest BCUT2D eigenvalue weighted by molar-refractivity contribution is -0.137. The predicted molar refractivity (Wildman–Crippen MR) is 65.9 cm³/mol. The van der Waals surface area contributed by atoms with Crippen LogP contribution in [0.1, 0.15) is 39.5 Å². The number of carbonyl (C=O) groups is 1. The molecule has 1 unspecified atom stereocenters. The molecule has 0 aromatic rings. The molecular weight excluding hydrogens is 244 g/mol. The molecule has 0 saturated heterocycles. The molecule has 0 aliphatic rings. The largest absolute Gasteiger partial charge is 0.481 e. The van der Waals surface area contributed by atoms with Crippen molar-refractivity contribution in [1.29, 1.82) is 0 Å². The highest BCUT2D eigenvalue weighted by Gasteiger charge is 2.21. The second-order valence-corrected chi connectivity index (χ2v) is 5.79. The molecule has 0 amide bonds. The summed E-state index contributed by atoms with van der Waals surface area (Å²) in [5, 5.41) is 8.50. The van der Waals surface area contributed by atoms with E-state index in [1.165, 1.54) is 7.05 Å². The Morgan fingerprint density at radius 1 is 1.41 bits per heavy atom. The molecule has 0 aliphatic carbocycles. The minimum absolute atomic E-state index is 0.0206. The van der Waals surface area contributed by atoms with Crippen molar-refractivity contribution in [3.8, 4) is 0 Å². The van der Waals surface area contributed by atoms with Gasteiger partial charge in [-0.2, -0.15) is 17.4 Å². The number of carboxylic acid groups (broad SMARTS) is 1. The van der Waals surface area contributed by atoms with Gasteiger partial charge < -0.3 is 5.11 Å². The van der Waals surface area contributed by atoms with Crippen LogP contribution in [-0.4, -0.2) is 43.4 Å². The Balaban J connectivity index is 4.39. The van der Waals surface area contributed by atoms with E-state index in [0.717, 1.165) is 23.6 Å². The van der Waals surface area contributed by atoms with Crippen molar-refractivity contribution in [2.45, 2.75) is 45.6 Å².